The molecule has 0 bridgehead atoms. The molecule has 0 saturated heterocycles. The Labute approximate surface area is 119 Å². The van der Waals surface area contributed by atoms with Gasteiger partial charge in [-0.1, -0.05) is 23.9 Å². The summed E-state index contributed by atoms with van der Waals surface area (Å²) in [4.78, 5) is 20.4. The minimum Gasteiger partial charge on any atom is -0.333 e. The summed E-state index contributed by atoms with van der Waals surface area (Å²) in [6.07, 6.45) is 0. The van der Waals surface area contributed by atoms with Crippen LogP contribution in [-0.2, 0) is 0 Å². The summed E-state index contributed by atoms with van der Waals surface area (Å²) in [5.41, 5.74) is 3.16. The Morgan fingerprint density at radius 2 is 2.32 bits per heavy atom. The molecule has 1 N–H and O–H groups in total. The first-order chi connectivity index (χ1) is 9.22. The molecule has 5 heteroatoms. The van der Waals surface area contributed by atoms with Crippen molar-refractivity contribution >= 4 is 39.9 Å². The monoisotopic (exact) mass is 288 g/mol. The standard InChI is InChI=1S/C14H12N2OS2/c1-9-4-5-10-11(7-9)16-14(15-10)19-8-12(17)13-3-2-6-18-13/h2-7H,8H2,1H3,(H,15,16). The topological polar surface area (TPSA) is 45.8 Å². The van der Waals surface area contributed by atoms with Crippen LogP contribution < -0.4 is 0 Å². The highest BCUT2D eigenvalue weighted by Crippen LogP contribution is 2.22. The molecule has 2 heterocycles. The highest BCUT2D eigenvalue weighted by atomic mass is 32.2. The van der Waals surface area contributed by atoms with Crippen molar-refractivity contribution in [2.45, 2.75) is 12.1 Å². The molecule has 0 aliphatic heterocycles. The van der Waals surface area contributed by atoms with E-state index in [2.05, 4.69) is 16.0 Å². The van der Waals surface area contributed by atoms with Crippen LogP contribution in [0.25, 0.3) is 11.0 Å². The number of hydrogen-bond acceptors (Lipinski definition) is 4. The van der Waals surface area contributed by atoms with Crippen molar-refractivity contribution in [2.75, 3.05) is 5.75 Å². The number of Topliss-reactive ketones (excluding diaryl/α,β-unsaturated/α-hetero) is 1. The molecule has 1 aromatic carbocycles. The predicted molar refractivity (Wildman–Crippen MR) is 80.2 cm³/mol. The lowest BCUT2D eigenvalue weighted by Gasteiger charge is -1.95. The van der Waals surface area contributed by atoms with Gasteiger partial charge in [0.15, 0.2) is 10.9 Å². The molecule has 0 amide bonds. The number of aryl methyl sites for hydroxylation is 1. The van der Waals surface area contributed by atoms with Crippen LogP contribution in [0, 0.1) is 6.92 Å². The van der Waals surface area contributed by atoms with E-state index in [1.807, 2.05) is 36.6 Å². The van der Waals surface area contributed by atoms with Gasteiger partial charge in [-0.15, -0.1) is 11.3 Å². The lowest BCUT2D eigenvalue weighted by Crippen LogP contribution is -1.99. The summed E-state index contributed by atoms with van der Waals surface area (Å²) in [7, 11) is 0. The third-order valence-electron chi connectivity index (χ3n) is 2.75. The maximum atomic E-state index is 11.9. The average Bonchev–Trinajstić information content (AvgIpc) is 3.04. The lowest BCUT2D eigenvalue weighted by atomic mass is 10.2. The number of thioether (sulfide) groups is 1. The molecule has 0 radical (unpaired) electrons. The van der Waals surface area contributed by atoms with Gasteiger partial charge in [-0.2, -0.15) is 0 Å². The van der Waals surface area contributed by atoms with Crippen LogP contribution in [0.15, 0.2) is 40.9 Å². The van der Waals surface area contributed by atoms with Crippen molar-refractivity contribution in [3.8, 4) is 0 Å². The minimum absolute atomic E-state index is 0.150. The van der Waals surface area contributed by atoms with Gasteiger partial charge in [0.2, 0.25) is 0 Å². The van der Waals surface area contributed by atoms with E-state index in [1.54, 1.807) is 0 Å². The highest BCUT2D eigenvalue weighted by molar-refractivity contribution is 7.99. The molecule has 0 unspecified atom stereocenters. The molecule has 0 atom stereocenters. The number of imidazole rings is 1. The summed E-state index contributed by atoms with van der Waals surface area (Å²) in [6.45, 7) is 2.05. The number of benzene rings is 1. The van der Waals surface area contributed by atoms with E-state index < -0.39 is 0 Å². The van der Waals surface area contributed by atoms with Crippen LogP contribution in [0.3, 0.4) is 0 Å². The second kappa shape index (κ2) is 5.19. The van der Waals surface area contributed by atoms with E-state index in [0.717, 1.165) is 21.1 Å². The quantitative estimate of drug-likeness (QED) is 0.585. The van der Waals surface area contributed by atoms with Gasteiger partial charge in [-0.25, -0.2) is 4.98 Å². The molecule has 3 rings (SSSR count). The largest absolute Gasteiger partial charge is 0.333 e. The van der Waals surface area contributed by atoms with Crippen molar-refractivity contribution < 1.29 is 4.79 Å². The number of carbonyl (C=O) groups is 1. The summed E-state index contributed by atoms with van der Waals surface area (Å²) in [6, 6.07) is 9.84. The van der Waals surface area contributed by atoms with E-state index in [0.29, 0.717) is 5.75 Å². The number of aromatic amines is 1. The number of thiophene rings is 1. The number of H-pyrrole nitrogens is 1. The van der Waals surface area contributed by atoms with Crippen LogP contribution in [0.5, 0.6) is 0 Å². The highest BCUT2D eigenvalue weighted by Gasteiger charge is 2.09. The van der Waals surface area contributed by atoms with Crippen LogP contribution in [0.1, 0.15) is 15.2 Å². The van der Waals surface area contributed by atoms with E-state index >= 15 is 0 Å². The third-order valence-corrected chi connectivity index (χ3v) is 4.54. The van der Waals surface area contributed by atoms with Gasteiger partial charge >= 0.3 is 0 Å². The lowest BCUT2D eigenvalue weighted by molar-refractivity contribution is 0.102. The summed E-state index contributed by atoms with van der Waals surface area (Å²) in [5, 5.41) is 2.72. The van der Waals surface area contributed by atoms with Crippen molar-refractivity contribution in [3.05, 3.63) is 46.2 Å². The Morgan fingerprint density at radius 3 is 3.11 bits per heavy atom. The number of rotatable bonds is 4. The van der Waals surface area contributed by atoms with E-state index in [1.165, 1.54) is 28.7 Å². The predicted octanol–water partition coefficient (Wildman–Crippen LogP) is 3.91. The van der Waals surface area contributed by atoms with E-state index in [-0.39, 0.29) is 5.78 Å². The van der Waals surface area contributed by atoms with Crippen molar-refractivity contribution in [1.29, 1.82) is 0 Å². The van der Waals surface area contributed by atoms with Gasteiger partial charge in [0, 0.05) is 0 Å². The Hall–Kier alpha value is -1.59. The van der Waals surface area contributed by atoms with Crippen molar-refractivity contribution in [2.24, 2.45) is 0 Å². The number of ketones is 1. The zero-order valence-corrected chi connectivity index (χ0v) is 12.0. The molecule has 2 aromatic heterocycles. The molecule has 0 aliphatic carbocycles. The van der Waals surface area contributed by atoms with Crippen molar-refractivity contribution in [3.63, 3.8) is 0 Å². The number of nitrogens with zero attached hydrogens (tertiary/aromatic N) is 1. The molecule has 3 nitrogen and oxygen atoms in total. The van der Waals surface area contributed by atoms with E-state index in [4.69, 9.17) is 0 Å². The van der Waals surface area contributed by atoms with Gasteiger partial charge in [0.1, 0.15) is 0 Å². The van der Waals surface area contributed by atoms with Crippen LogP contribution in [0.4, 0.5) is 0 Å². The smallest absolute Gasteiger partial charge is 0.183 e. The first-order valence-electron chi connectivity index (χ1n) is 5.88. The number of fused-ring (bicyclic) bond motifs is 1. The van der Waals surface area contributed by atoms with Gasteiger partial charge in [-0.3, -0.25) is 4.79 Å². The molecule has 0 aliphatic rings. The fourth-order valence-corrected chi connectivity index (χ4v) is 3.33. The molecule has 3 aromatic rings. The number of nitrogens with one attached hydrogen (secondary N) is 1. The first-order valence-corrected chi connectivity index (χ1v) is 7.75. The number of carbonyl (C=O) groups excluding carboxylic acids is 1. The van der Waals surface area contributed by atoms with Crippen LogP contribution in [-0.4, -0.2) is 21.5 Å². The fourth-order valence-electron chi connectivity index (χ4n) is 1.81. The van der Waals surface area contributed by atoms with Gasteiger partial charge in [0.05, 0.1) is 21.7 Å². The average molecular weight is 288 g/mol. The summed E-state index contributed by atoms with van der Waals surface area (Å²) < 4.78 is 0. The molecule has 96 valence electrons. The van der Waals surface area contributed by atoms with Gasteiger partial charge in [-0.05, 0) is 36.1 Å². The van der Waals surface area contributed by atoms with Crippen LogP contribution in [0.2, 0.25) is 0 Å². The zero-order valence-electron chi connectivity index (χ0n) is 10.3. The Balaban J connectivity index is 1.73. The number of aromatic nitrogens is 2. The number of hydrogen-bond donors (Lipinski definition) is 1. The second-order valence-electron chi connectivity index (χ2n) is 4.25. The van der Waals surface area contributed by atoms with Gasteiger partial charge in [0.25, 0.3) is 0 Å². The molecule has 19 heavy (non-hydrogen) atoms. The summed E-state index contributed by atoms with van der Waals surface area (Å²) in [5.74, 6) is 0.566. The Bertz CT molecular complexity index is 716. The van der Waals surface area contributed by atoms with Crippen LogP contribution >= 0.6 is 23.1 Å². The van der Waals surface area contributed by atoms with Gasteiger partial charge < -0.3 is 4.98 Å². The Morgan fingerprint density at radius 1 is 1.42 bits per heavy atom. The zero-order chi connectivity index (χ0) is 13.2. The summed E-state index contributed by atoms with van der Waals surface area (Å²) >= 11 is 2.93. The molecule has 0 saturated carbocycles. The SMILES string of the molecule is Cc1ccc2nc(SCC(=O)c3cccs3)[nH]c2c1. The van der Waals surface area contributed by atoms with Crippen molar-refractivity contribution in [1.82, 2.24) is 9.97 Å². The molecular formula is C14H12N2OS2. The maximum Gasteiger partial charge on any atom is 0.183 e. The van der Waals surface area contributed by atoms with E-state index in [9.17, 15) is 4.79 Å². The molecule has 0 fully saturated rings. The molecular weight excluding hydrogens is 276 g/mol. The Kier molecular flexibility index (Phi) is 3.40. The normalized spacial score (nSPS) is 11.0. The third kappa shape index (κ3) is 2.72. The second-order valence-corrected chi connectivity index (χ2v) is 6.16. The fraction of sp³-hybridized carbons (Fsp3) is 0.143. The minimum atomic E-state index is 0.150. The molecule has 0 spiro atoms. The maximum absolute atomic E-state index is 11.9. The first kappa shape index (κ1) is 12.4.